The highest BCUT2D eigenvalue weighted by Crippen LogP contribution is 2.34. The van der Waals surface area contributed by atoms with E-state index in [9.17, 15) is 13.2 Å². The second-order valence-corrected chi connectivity index (χ2v) is 8.23. The monoisotopic (exact) mass is 463 g/mol. The smallest absolute Gasteiger partial charge is 0.332 e. The first-order chi connectivity index (χ1) is 16.0. The van der Waals surface area contributed by atoms with E-state index >= 15 is 0 Å². The summed E-state index contributed by atoms with van der Waals surface area (Å²) >= 11 is 1.42. The van der Waals surface area contributed by atoms with Crippen LogP contribution in [0.2, 0.25) is 0 Å². The lowest BCUT2D eigenvalue weighted by Crippen LogP contribution is -2.13. The first kappa shape index (κ1) is 19.6. The third-order valence-electron chi connectivity index (χ3n) is 5.15. The Morgan fingerprint density at radius 2 is 1.70 bits per heavy atom. The number of benzene rings is 2. The highest BCUT2D eigenvalue weighted by Gasteiger charge is 2.35. The van der Waals surface area contributed by atoms with Gasteiger partial charge in [0.15, 0.2) is 17.0 Å². The number of rotatable bonds is 3. The van der Waals surface area contributed by atoms with Gasteiger partial charge < -0.3 is 4.52 Å². The number of hydrogen-bond donors (Lipinski definition) is 0. The van der Waals surface area contributed by atoms with Crippen molar-refractivity contribution >= 4 is 27.8 Å². The SMILES string of the molecule is FC(F)(F)c1cc(-c2ccc3ccccc3c2)nc2cc(-c3nc(-c4cccs4)no3)nn12. The molecular weight excluding hydrogens is 451 g/mol. The second kappa shape index (κ2) is 7.24. The Morgan fingerprint density at radius 1 is 0.848 bits per heavy atom. The van der Waals surface area contributed by atoms with Crippen LogP contribution in [0.1, 0.15) is 5.69 Å². The van der Waals surface area contributed by atoms with Crippen molar-refractivity contribution in [2.45, 2.75) is 6.18 Å². The summed E-state index contributed by atoms with van der Waals surface area (Å²) in [5.74, 6) is 0.363. The van der Waals surface area contributed by atoms with Crippen LogP contribution in [0.5, 0.6) is 0 Å². The van der Waals surface area contributed by atoms with E-state index in [2.05, 4.69) is 20.2 Å². The third kappa shape index (κ3) is 3.44. The fourth-order valence-corrected chi connectivity index (χ4v) is 4.26. The van der Waals surface area contributed by atoms with Gasteiger partial charge in [-0.25, -0.2) is 9.50 Å². The molecule has 0 atom stereocenters. The van der Waals surface area contributed by atoms with Gasteiger partial charge in [-0.15, -0.1) is 11.3 Å². The van der Waals surface area contributed by atoms with Crippen LogP contribution >= 0.6 is 11.3 Å². The van der Waals surface area contributed by atoms with Crippen LogP contribution in [0.25, 0.3) is 50.0 Å². The van der Waals surface area contributed by atoms with Gasteiger partial charge >= 0.3 is 6.18 Å². The number of halogens is 3. The highest BCUT2D eigenvalue weighted by atomic mass is 32.1. The van der Waals surface area contributed by atoms with Crippen molar-refractivity contribution in [3.8, 4) is 33.5 Å². The molecule has 0 unspecified atom stereocenters. The summed E-state index contributed by atoms with van der Waals surface area (Å²) < 4.78 is 47.8. The minimum absolute atomic E-state index is 0.0179. The Balaban J connectivity index is 1.50. The zero-order valence-electron chi connectivity index (χ0n) is 16.6. The maximum atomic E-state index is 13.9. The fourth-order valence-electron chi connectivity index (χ4n) is 3.61. The minimum atomic E-state index is -4.65. The first-order valence-corrected chi connectivity index (χ1v) is 10.7. The first-order valence-electron chi connectivity index (χ1n) is 9.81. The molecule has 0 saturated heterocycles. The lowest BCUT2D eigenvalue weighted by Gasteiger charge is -2.11. The fraction of sp³-hybridized carbons (Fsp3) is 0.0435. The van der Waals surface area contributed by atoms with Gasteiger partial charge in [0.1, 0.15) is 0 Å². The van der Waals surface area contributed by atoms with Crippen LogP contribution in [0.4, 0.5) is 13.2 Å². The Kier molecular flexibility index (Phi) is 4.31. The third-order valence-corrected chi connectivity index (χ3v) is 6.02. The van der Waals surface area contributed by atoms with Crippen molar-refractivity contribution in [2.24, 2.45) is 0 Å². The van der Waals surface area contributed by atoms with Gasteiger partial charge in [-0.2, -0.15) is 23.3 Å². The number of nitrogens with zero attached hydrogens (tertiary/aromatic N) is 5. The van der Waals surface area contributed by atoms with Crippen molar-refractivity contribution in [3.63, 3.8) is 0 Å². The molecular formula is C23H12F3N5OS. The summed E-state index contributed by atoms with van der Waals surface area (Å²) in [4.78, 5) is 9.49. The highest BCUT2D eigenvalue weighted by molar-refractivity contribution is 7.13. The number of hydrogen-bond acceptors (Lipinski definition) is 6. The van der Waals surface area contributed by atoms with E-state index in [1.54, 1.807) is 6.07 Å². The molecule has 33 heavy (non-hydrogen) atoms. The molecule has 6 aromatic rings. The molecule has 0 aliphatic heterocycles. The van der Waals surface area contributed by atoms with E-state index in [1.165, 1.54) is 17.4 Å². The maximum absolute atomic E-state index is 13.9. The van der Waals surface area contributed by atoms with Crippen LogP contribution in [0, 0.1) is 0 Å². The Bertz CT molecular complexity index is 1620. The molecule has 4 aromatic heterocycles. The predicted octanol–water partition coefficient (Wildman–Crippen LogP) is 6.35. The molecule has 0 N–H and O–H groups in total. The lowest BCUT2D eigenvalue weighted by molar-refractivity contribution is -0.142. The largest absolute Gasteiger partial charge is 0.433 e. The van der Waals surface area contributed by atoms with Gasteiger partial charge in [0.2, 0.25) is 5.82 Å². The van der Waals surface area contributed by atoms with Gasteiger partial charge in [0.25, 0.3) is 5.89 Å². The quantitative estimate of drug-likeness (QED) is 0.306. The molecule has 162 valence electrons. The molecule has 2 aromatic carbocycles. The summed E-state index contributed by atoms with van der Waals surface area (Å²) in [5, 5.41) is 11.7. The topological polar surface area (TPSA) is 69.1 Å². The zero-order chi connectivity index (χ0) is 22.6. The van der Waals surface area contributed by atoms with Gasteiger partial charge in [-0.05, 0) is 34.4 Å². The Hall–Kier alpha value is -4.05. The molecule has 0 spiro atoms. The van der Waals surface area contributed by atoms with Crippen LogP contribution in [-0.4, -0.2) is 24.7 Å². The summed E-state index contributed by atoms with van der Waals surface area (Å²) in [6.07, 6.45) is -4.65. The minimum Gasteiger partial charge on any atom is -0.332 e. The Morgan fingerprint density at radius 3 is 2.48 bits per heavy atom. The van der Waals surface area contributed by atoms with E-state index in [-0.39, 0.29) is 22.9 Å². The van der Waals surface area contributed by atoms with E-state index < -0.39 is 11.9 Å². The van der Waals surface area contributed by atoms with Crippen LogP contribution in [0.3, 0.4) is 0 Å². The molecule has 0 radical (unpaired) electrons. The van der Waals surface area contributed by atoms with E-state index in [0.717, 1.165) is 26.2 Å². The summed E-state index contributed by atoms with van der Waals surface area (Å²) in [5.41, 5.74) is -0.0446. The standard InChI is InChI=1S/C23H12F3N5OS/c24-23(25,26)19-11-16(15-8-7-13-4-1-2-5-14(13)10-15)27-20-12-17(29-31(19)20)22-28-21(30-32-22)18-6-3-9-33-18/h1-12H. The molecule has 0 aliphatic rings. The van der Waals surface area contributed by atoms with Gasteiger partial charge in [0, 0.05) is 11.6 Å². The lowest BCUT2D eigenvalue weighted by atomic mass is 10.0. The molecule has 6 nitrogen and oxygen atoms in total. The average Bonchev–Trinajstić information content (AvgIpc) is 3.57. The number of fused-ring (bicyclic) bond motifs is 2. The average molecular weight is 463 g/mol. The number of aromatic nitrogens is 5. The number of alkyl halides is 3. The molecule has 4 heterocycles. The normalized spacial score (nSPS) is 12.1. The second-order valence-electron chi connectivity index (χ2n) is 7.29. The van der Waals surface area contributed by atoms with Crippen molar-refractivity contribution in [1.29, 1.82) is 0 Å². The van der Waals surface area contributed by atoms with E-state index in [4.69, 9.17) is 4.52 Å². The molecule has 10 heteroatoms. The van der Waals surface area contributed by atoms with Gasteiger partial charge in [-0.1, -0.05) is 47.6 Å². The maximum Gasteiger partial charge on any atom is 0.433 e. The molecule has 0 fully saturated rings. The van der Waals surface area contributed by atoms with Crippen molar-refractivity contribution < 1.29 is 17.7 Å². The zero-order valence-corrected chi connectivity index (χ0v) is 17.4. The summed E-state index contributed by atoms with van der Waals surface area (Å²) in [7, 11) is 0. The molecule has 0 aliphatic carbocycles. The molecule has 0 amide bonds. The van der Waals surface area contributed by atoms with Gasteiger partial charge in [0.05, 0.1) is 10.6 Å². The predicted molar refractivity (Wildman–Crippen MR) is 118 cm³/mol. The van der Waals surface area contributed by atoms with Crippen molar-refractivity contribution in [1.82, 2.24) is 24.7 Å². The van der Waals surface area contributed by atoms with Crippen molar-refractivity contribution in [2.75, 3.05) is 0 Å². The number of thiophene rings is 1. The summed E-state index contributed by atoms with van der Waals surface area (Å²) in [6.45, 7) is 0. The van der Waals surface area contributed by atoms with E-state index in [0.29, 0.717) is 11.4 Å². The summed E-state index contributed by atoms with van der Waals surface area (Å²) in [6, 6.07) is 19.1. The van der Waals surface area contributed by atoms with Crippen molar-refractivity contribution in [3.05, 3.63) is 77.8 Å². The molecule has 6 rings (SSSR count). The van der Waals surface area contributed by atoms with Crippen LogP contribution in [0.15, 0.2) is 76.6 Å². The molecule has 0 saturated carbocycles. The Labute approximate surface area is 187 Å². The van der Waals surface area contributed by atoms with E-state index in [1.807, 2.05) is 53.9 Å². The van der Waals surface area contributed by atoms with Gasteiger partial charge in [-0.3, -0.25) is 0 Å². The van der Waals surface area contributed by atoms with Crippen LogP contribution in [-0.2, 0) is 6.18 Å². The van der Waals surface area contributed by atoms with Crippen LogP contribution < -0.4 is 0 Å². The molecule has 0 bridgehead atoms.